The van der Waals surface area contributed by atoms with E-state index in [0.717, 1.165) is 24.8 Å². The number of aryl methyl sites for hydroxylation is 1. The Kier molecular flexibility index (Phi) is 1.75. The second-order valence-electron chi connectivity index (χ2n) is 3.45. The molecule has 1 N–H and O–H groups in total. The van der Waals surface area contributed by atoms with Crippen molar-refractivity contribution in [3.63, 3.8) is 0 Å². The molecule has 0 atom stereocenters. The number of carbonyl (C=O) groups is 1. The summed E-state index contributed by atoms with van der Waals surface area (Å²) < 4.78 is 0. The van der Waals surface area contributed by atoms with E-state index in [0.29, 0.717) is 0 Å². The zero-order valence-electron chi connectivity index (χ0n) is 7.31. The van der Waals surface area contributed by atoms with Crippen LogP contribution in [-0.2, 0) is 12.8 Å². The Bertz CT molecular complexity index is 312. The highest BCUT2D eigenvalue weighted by Gasteiger charge is 2.16. The van der Waals surface area contributed by atoms with E-state index in [9.17, 15) is 4.79 Å². The summed E-state index contributed by atoms with van der Waals surface area (Å²) >= 11 is 0. The highest BCUT2D eigenvalue weighted by molar-refractivity contribution is 5.76. The lowest BCUT2D eigenvalue weighted by Crippen LogP contribution is -2.00. The number of aromatic nitrogens is 1. The molecule has 1 aliphatic rings. The number of fused-ring (bicyclic) bond motifs is 1. The Morgan fingerprint density at radius 3 is 2.75 bits per heavy atom. The number of aromatic amines is 1. The van der Waals surface area contributed by atoms with E-state index in [2.05, 4.69) is 4.98 Å². The van der Waals surface area contributed by atoms with E-state index >= 15 is 0 Å². The molecular weight excluding hydrogens is 150 g/mol. The van der Waals surface area contributed by atoms with E-state index in [1.807, 2.05) is 6.92 Å². The van der Waals surface area contributed by atoms with Crippen LogP contribution in [0.25, 0.3) is 0 Å². The number of hydrogen-bond acceptors (Lipinski definition) is 1. The molecule has 64 valence electrons. The van der Waals surface area contributed by atoms with Gasteiger partial charge in [0, 0.05) is 5.69 Å². The van der Waals surface area contributed by atoms with E-state index in [1.54, 1.807) is 0 Å². The Balaban J connectivity index is 2.51. The standard InChI is InChI=1S/C10H13NO/c1-7-8-4-2-3-5-9(8)11-10(7)6-12/h6,11H,2-5H2,1H3. The minimum atomic E-state index is 0.780. The summed E-state index contributed by atoms with van der Waals surface area (Å²) in [5.41, 5.74) is 4.63. The summed E-state index contributed by atoms with van der Waals surface area (Å²) in [6, 6.07) is 0. The van der Waals surface area contributed by atoms with E-state index in [1.165, 1.54) is 29.7 Å². The summed E-state index contributed by atoms with van der Waals surface area (Å²) in [5.74, 6) is 0. The first-order valence-corrected chi connectivity index (χ1v) is 4.48. The van der Waals surface area contributed by atoms with Gasteiger partial charge in [-0.3, -0.25) is 4.79 Å². The fraction of sp³-hybridized carbons (Fsp3) is 0.500. The molecule has 0 bridgehead atoms. The molecular formula is C10H13NO. The molecule has 0 amide bonds. The van der Waals surface area contributed by atoms with Gasteiger partial charge in [0.2, 0.25) is 0 Å². The van der Waals surface area contributed by atoms with Gasteiger partial charge in [0.25, 0.3) is 0 Å². The third-order valence-corrected chi connectivity index (χ3v) is 2.73. The van der Waals surface area contributed by atoms with Gasteiger partial charge >= 0.3 is 0 Å². The van der Waals surface area contributed by atoms with Gasteiger partial charge in [0.1, 0.15) is 0 Å². The van der Waals surface area contributed by atoms with Gasteiger partial charge in [0.15, 0.2) is 6.29 Å². The van der Waals surface area contributed by atoms with Crippen LogP contribution in [0.2, 0.25) is 0 Å². The monoisotopic (exact) mass is 163 g/mol. The van der Waals surface area contributed by atoms with Gasteiger partial charge in [-0.15, -0.1) is 0 Å². The number of hydrogen-bond donors (Lipinski definition) is 1. The van der Waals surface area contributed by atoms with Crippen LogP contribution in [0, 0.1) is 6.92 Å². The largest absolute Gasteiger partial charge is 0.356 e. The van der Waals surface area contributed by atoms with Crippen molar-refractivity contribution in [1.82, 2.24) is 4.98 Å². The van der Waals surface area contributed by atoms with Crippen molar-refractivity contribution in [1.29, 1.82) is 0 Å². The molecule has 0 saturated carbocycles. The van der Waals surface area contributed by atoms with Crippen molar-refractivity contribution in [2.24, 2.45) is 0 Å². The molecule has 2 rings (SSSR count). The highest BCUT2D eigenvalue weighted by atomic mass is 16.1. The van der Waals surface area contributed by atoms with Crippen molar-refractivity contribution in [2.45, 2.75) is 32.6 Å². The molecule has 2 nitrogen and oxygen atoms in total. The van der Waals surface area contributed by atoms with E-state index in [-0.39, 0.29) is 0 Å². The van der Waals surface area contributed by atoms with Gasteiger partial charge in [-0.25, -0.2) is 0 Å². The van der Waals surface area contributed by atoms with Gasteiger partial charge in [0.05, 0.1) is 5.69 Å². The lowest BCUT2D eigenvalue weighted by molar-refractivity contribution is 0.111. The minimum absolute atomic E-state index is 0.780. The first-order chi connectivity index (χ1) is 5.83. The third-order valence-electron chi connectivity index (χ3n) is 2.73. The van der Waals surface area contributed by atoms with Crippen molar-refractivity contribution < 1.29 is 4.79 Å². The van der Waals surface area contributed by atoms with Crippen LogP contribution in [0.1, 0.15) is 40.2 Å². The molecule has 0 aromatic carbocycles. The van der Waals surface area contributed by atoms with Crippen LogP contribution in [0.4, 0.5) is 0 Å². The molecule has 12 heavy (non-hydrogen) atoms. The molecule has 1 aromatic heterocycles. The van der Waals surface area contributed by atoms with Gasteiger partial charge in [-0.1, -0.05) is 0 Å². The number of carbonyl (C=O) groups excluding carboxylic acids is 1. The smallest absolute Gasteiger partial charge is 0.166 e. The molecule has 0 fully saturated rings. The fourth-order valence-electron chi connectivity index (χ4n) is 1.99. The molecule has 1 heterocycles. The molecule has 1 aromatic rings. The summed E-state index contributed by atoms with van der Waals surface area (Å²) in [7, 11) is 0. The maximum atomic E-state index is 10.6. The molecule has 2 heteroatoms. The maximum absolute atomic E-state index is 10.6. The molecule has 0 unspecified atom stereocenters. The lowest BCUT2D eigenvalue weighted by atomic mass is 9.95. The van der Waals surface area contributed by atoms with E-state index < -0.39 is 0 Å². The third kappa shape index (κ3) is 0.986. The molecule has 0 saturated heterocycles. The van der Waals surface area contributed by atoms with Crippen molar-refractivity contribution in [2.75, 3.05) is 0 Å². The van der Waals surface area contributed by atoms with Crippen LogP contribution < -0.4 is 0 Å². The predicted octanol–water partition coefficient (Wildman–Crippen LogP) is 2.01. The van der Waals surface area contributed by atoms with Crippen molar-refractivity contribution in [3.8, 4) is 0 Å². The molecule has 0 spiro atoms. The zero-order chi connectivity index (χ0) is 8.55. The Hall–Kier alpha value is -1.05. The van der Waals surface area contributed by atoms with Crippen LogP contribution in [0.3, 0.4) is 0 Å². The maximum Gasteiger partial charge on any atom is 0.166 e. The fourth-order valence-corrected chi connectivity index (χ4v) is 1.99. The number of aldehydes is 1. The molecule has 0 radical (unpaired) electrons. The highest BCUT2D eigenvalue weighted by Crippen LogP contribution is 2.25. The van der Waals surface area contributed by atoms with Crippen molar-refractivity contribution >= 4 is 6.29 Å². The summed E-state index contributed by atoms with van der Waals surface area (Å²) in [6.07, 6.45) is 5.71. The summed E-state index contributed by atoms with van der Waals surface area (Å²) in [5, 5.41) is 0. The lowest BCUT2D eigenvalue weighted by Gasteiger charge is -2.10. The molecule has 0 aliphatic heterocycles. The Morgan fingerprint density at radius 2 is 2.08 bits per heavy atom. The second-order valence-corrected chi connectivity index (χ2v) is 3.45. The average molecular weight is 163 g/mol. The summed E-state index contributed by atoms with van der Waals surface area (Å²) in [4.78, 5) is 13.8. The quantitative estimate of drug-likeness (QED) is 0.631. The number of H-pyrrole nitrogens is 1. The van der Waals surface area contributed by atoms with Crippen LogP contribution in [0.5, 0.6) is 0 Å². The van der Waals surface area contributed by atoms with Crippen molar-refractivity contribution in [3.05, 3.63) is 22.5 Å². The first kappa shape index (κ1) is 7.59. The SMILES string of the molecule is Cc1c(C=O)[nH]c2c1CCCC2. The predicted molar refractivity (Wildman–Crippen MR) is 47.6 cm³/mol. The number of nitrogens with one attached hydrogen (secondary N) is 1. The Morgan fingerprint density at radius 1 is 1.33 bits per heavy atom. The minimum Gasteiger partial charge on any atom is -0.356 e. The first-order valence-electron chi connectivity index (χ1n) is 4.48. The van der Waals surface area contributed by atoms with E-state index in [4.69, 9.17) is 0 Å². The second kappa shape index (κ2) is 2.77. The number of rotatable bonds is 1. The Labute approximate surface area is 72.0 Å². The zero-order valence-corrected chi connectivity index (χ0v) is 7.31. The van der Waals surface area contributed by atoms with Crippen LogP contribution >= 0.6 is 0 Å². The topological polar surface area (TPSA) is 32.9 Å². The van der Waals surface area contributed by atoms with Crippen LogP contribution in [0.15, 0.2) is 0 Å². The van der Waals surface area contributed by atoms with Crippen LogP contribution in [-0.4, -0.2) is 11.3 Å². The average Bonchev–Trinajstić information content (AvgIpc) is 2.44. The van der Waals surface area contributed by atoms with Gasteiger partial charge in [-0.05, 0) is 43.7 Å². The van der Waals surface area contributed by atoms with Gasteiger partial charge < -0.3 is 4.98 Å². The normalized spacial score (nSPS) is 15.8. The summed E-state index contributed by atoms with van der Waals surface area (Å²) in [6.45, 7) is 2.03. The molecule has 1 aliphatic carbocycles. The van der Waals surface area contributed by atoms with Gasteiger partial charge in [-0.2, -0.15) is 0 Å².